The Labute approximate surface area is 122 Å². The van der Waals surface area contributed by atoms with Crippen molar-refractivity contribution in [3.8, 4) is 5.69 Å². The Morgan fingerprint density at radius 2 is 2.15 bits per heavy atom. The molecule has 0 aliphatic carbocycles. The van der Waals surface area contributed by atoms with Gasteiger partial charge in [-0.25, -0.2) is 0 Å². The van der Waals surface area contributed by atoms with Gasteiger partial charge in [-0.1, -0.05) is 23.9 Å². The summed E-state index contributed by atoms with van der Waals surface area (Å²) in [5.41, 5.74) is 2.20. The number of hydrogen-bond acceptors (Lipinski definition) is 4. The Morgan fingerprint density at radius 3 is 2.85 bits per heavy atom. The van der Waals surface area contributed by atoms with Crippen molar-refractivity contribution in [1.82, 2.24) is 20.1 Å². The van der Waals surface area contributed by atoms with E-state index in [1.165, 1.54) is 17.3 Å². The number of benzene rings is 1. The molecule has 2 aromatic rings. The molecule has 0 aliphatic rings. The van der Waals surface area contributed by atoms with Crippen LogP contribution in [-0.2, 0) is 4.79 Å². The van der Waals surface area contributed by atoms with Gasteiger partial charge < -0.3 is 5.32 Å². The smallest absolute Gasteiger partial charge is 0.230 e. The molecule has 20 heavy (non-hydrogen) atoms. The fourth-order valence-corrected chi connectivity index (χ4v) is 2.71. The molecule has 1 heterocycles. The Bertz CT molecular complexity index is 609. The van der Waals surface area contributed by atoms with Gasteiger partial charge >= 0.3 is 0 Å². The number of aromatic nitrogens is 3. The summed E-state index contributed by atoms with van der Waals surface area (Å²) in [5, 5.41) is 11.8. The van der Waals surface area contributed by atoms with Crippen molar-refractivity contribution >= 4 is 17.7 Å². The molecule has 0 saturated carbocycles. The maximum Gasteiger partial charge on any atom is 0.230 e. The van der Waals surface area contributed by atoms with Gasteiger partial charge in [-0.2, -0.15) is 0 Å². The van der Waals surface area contributed by atoms with Gasteiger partial charge in [-0.15, -0.1) is 10.2 Å². The number of amides is 1. The zero-order chi connectivity index (χ0) is 14.5. The van der Waals surface area contributed by atoms with E-state index in [1.807, 2.05) is 43.5 Å². The van der Waals surface area contributed by atoms with Gasteiger partial charge in [-0.05, 0) is 38.5 Å². The van der Waals surface area contributed by atoms with Crippen LogP contribution < -0.4 is 5.32 Å². The third kappa shape index (κ3) is 3.39. The minimum Gasteiger partial charge on any atom is -0.356 e. The van der Waals surface area contributed by atoms with E-state index in [4.69, 9.17) is 0 Å². The molecular weight excluding hydrogens is 272 g/mol. The molecule has 6 heteroatoms. The molecule has 0 radical (unpaired) electrons. The molecule has 106 valence electrons. The number of hydrogen-bond donors (Lipinski definition) is 1. The summed E-state index contributed by atoms with van der Waals surface area (Å²) in [6.07, 6.45) is 0. The van der Waals surface area contributed by atoms with Crippen molar-refractivity contribution in [3.63, 3.8) is 0 Å². The van der Waals surface area contributed by atoms with Crippen LogP contribution in [-0.4, -0.2) is 33.0 Å². The van der Waals surface area contributed by atoms with E-state index < -0.39 is 0 Å². The van der Waals surface area contributed by atoms with E-state index in [0.29, 0.717) is 12.3 Å². The molecule has 0 saturated heterocycles. The first-order valence-corrected chi connectivity index (χ1v) is 7.49. The number of nitrogens with one attached hydrogen (secondary N) is 1. The second-order valence-electron chi connectivity index (χ2n) is 4.45. The van der Waals surface area contributed by atoms with Gasteiger partial charge in [0.25, 0.3) is 0 Å². The highest BCUT2D eigenvalue weighted by Crippen LogP contribution is 2.22. The van der Waals surface area contributed by atoms with E-state index in [-0.39, 0.29) is 5.91 Å². The number of carbonyl (C=O) groups is 1. The van der Waals surface area contributed by atoms with Gasteiger partial charge in [-0.3, -0.25) is 9.36 Å². The number of carbonyl (C=O) groups excluding carboxylic acids is 1. The summed E-state index contributed by atoms with van der Waals surface area (Å²) in [5.74, 6) is 1.17. The third-order valence-electron chi connectivity index (χ3n) is 2.76. The van der Waals surface area contributed by atoms with Crippen LogP contribution in [0.5, 0.6) is 0 Å². The van der Waals surface area contributed by atoms with Gasteiger partial charge in [0.2, 0.25) is 5.91 Å². The predicted molar refractivity (Wildman–Crippen MR) is 80.2 cm³/mol. The summed E-state index contributed by atoms with van der Waals surface area (Å²) < 4.78 is 1.97. The fraction of sp³-hybridized carbons (Fsp3) is 0.357. The average molecular weight is 290 g/mol. The van der Waals surface area contributed by atoms with Crippen molar-refractivity contribution in [2.24, 2.45) is 0 Å². The van der Waals surface area contributed by atoms with Gasteiger partial charge in [0.1, 0.15) is 5.82 Å². The van der Waals surface area contributed by atoms with E-state index >= 15 is 0 Å². The normalized spacial score (nSPS) is 10.6. The van der Waals surface area contributed by atoms with E-state index in [0.717, 1.165) is 16.7 Å². The van der Waals surface area contributed by atoms with Crippen molar-refractivity contribution in [2.45, 2.75) is 25.9 Å². The lowest BCUT2D eigenvalue weighted by Crippen LogP contribution is -2.24. The molecule has 0 bridgehead atoms. The zero-order valence-electron chi connectivity index (χ0n) is 11.9. The number of aryl methyl sites for hydroxylation is 2. The first kappa shape index (κ1) is 14.6. The first-order valence-electron chi connectivity index (χ1n) is 6.50. The molecule has 0 fully saturated rings. The maximum atomic E-state index is 11.5. The standard InChI is InChI=1S/C14H18N4OS/c1-4-15-13(19)9-20-14-17-16-11(3)18(14)12-7-5-6-10(2)8-12/h5-8H,4,9H2,1-3H3,(H,15,19). The minimum absolute atomic E-state index is 0.00828. The zero-order valence-corrected chi connectivity index (χ0v) is 12.7. The molecule has 0 aliphatic heterocycles. The quantitative estimate of drug-likeness (QED) is 0.857. The Kier molecular flexibility index (Phi) is 4.79. The van der Waals surface area contributed by atoms with E-state index in [9.17, 15) is 4.79 Å². The summed E-state index contributed by atoms with van der Waals surface area (Å²) in [4.78, 5) is 11.5. The van der Waals surface area contributed by atoms with Crippen molar-refractivity contribution in [1.29, 1.82) is 0 Å². The van der Waals surface area contributed by atoms with Crippen LogP contribution in [0.15, 0.2) is 29.4 Å². The predicted octanol–water partition coefficient (Wildman–Crippen LogP) is 2.11. The highest BCUT2D eigenvalue weighted by Gasteiger charge is 2.13. The minimum atomic E-state index is 0.00828. The van der Waals surface area contributed by atoms with Crippen LogP contribution in [0.4, 0.5) is 0 Å². The lowest BCUT2D eigenvalue weighted by Gasteiger charge is -2.09. The Hall–Kier alpha value is -1.82. The van der Waals surface area contributed by atoms with Gasteiger partial charge in [0.05, 0.1) is 5.75 Å². The topological polar surface area (TPSA) is 59.8 Å². The molecular formula is C14H18N4OS. The van der Waals surface area contributed by atoms with E-state index in [2.05, 4.69) is 21.6 Å². The molecule has 0 unspecified atom stereocenters. The molecule has 0 atom stereocenters. The van der Waals surface area contributed by atoms with Crippen molar-refractivity contribution in [2.75, 3.05) is 12.3 Å². The molecule has 1 aromatic carbocycles. The molecule has 1 amide bonds. The number of rotatable bonds is 5. The monoisotopic (exact) mass is 290 g/mol. The third-order valence-corrected chi connectivity index (χ3v) is 3.69. The molecule has 1 N–H and O–H groups in total. The summed E-state index contributed by atoms with van der Waals surface area (Å²) in [6, 6.07) is 8.14. The first-order chi connectivity index (χ1) is 9.61. The van der Waals surface area contributed by atoms with Crippen LogP contribution in [0.2, 0.25) is 0 Å². The van der Waals surface area contributed by atoms with Crippen molar-refractivity contribution < 1.29 is 4.79 Å². The van der Waals surface area contributed by atoms with Crippen LogP contribution in [0.25, 0.3) is 5.69 Å². The van der Waals surface area contributed by atoms with Gasteiger partial charge in [0, 0.05) is 12.2 Å². The van der Waals surface area contributed by atoms with Crippen LogP contribution in [0, 0.1) is 13.8 Å². The number of nitrogens with zero attached hydrogens (tertiary/aromatic N) is 3. The lowest BCUT2D eigenvalue weighted by molar-refractivity contribution is -0.118. The SMILES string of the molecule is CCNC(=O)CSc1nnc(C)n1-c1cccc(C)c1. The molecule has 5 nitrogen and oxygen atoms in total. The van der Waals surface area contributed by atoms with Crippen LogP contribution >= 0.6 is 11.8 Å². The summed E-state index contributed by atoms with van der Waals surface area (Å²) >= 11 is 1.39. The highest BCUT2D eigenvalue weighted by atomic mass is 32.2. The molecule has 0 spiro atoms. The second-order valence-corrected chi connectivity index (χ2v) is 5.39. The lowest BCUT2D eigenvalue weighted by atomic mass is 10.2. The van der Waals surface area contributed by atoms with Crippen molar-refractivity contribution in [3.05, 3.63) is 35.7 Å². The van der Waals surface area contributed by atoms with E-state index in [1.54, 1.807) is 0 Å². The average Bonchev–Trinajstić information content (AvgIpc) is 2.78. The van der Waals surface area contributed by atoms with Crippen LogP contribution in [0.3, 0.4) is 0 Å². The Morgan fingerprint density at radius 1 is 1.35 bits per heavy atom. The summed E-state index contributed by atoms with van der Waals surface area (Å²) in [6.45, 7) is 6.50. The second kappa shape index (κ2) is 6.56. The molecule has 2 rings (SSSR count). The molecule has 1 aromatic heterocycles. The maximum absolute atomic E-state index is 11.5. The highest BCUT2D eigenvalue weighted by molar-refractivity contribution is 7.99. The van der Waals surface area contributed by atoms with Crippen LogP contribution in [0.1, 0.15) is 18.3 Å². The number of thioether (sulfide) groups is 1. The fourth-order valence-electron chi connectivity index (χ4n) is 1.88. The largest absolute Gasteiger partial charge is 0.356 e. The Balaban J connectivity index is 2.22. The summed E-state index contributed by atoms with van der Waals surface area (Å²) in [7, 11) is 0. The van der Waals surface area contributed by atoms with Gasteiger partial charge in [0.15, 0.2) is 5.16 Å².